The van der Waals surface area contributed by atoms with Crippen LogP contribution >= 0.6 is 0 Å². The fourth-order valence-electron chi connectivity index (χ4n) is 3.18. The van der Waals surface area contributed by atoms with Crippen LogP contribution in [0.1, 0.15) is 28.0 Å². The Bertz CT molecular complexity index is 982. The lowest BCUT2D eigenvalue weighted by atomic mass is 10.0. The van der Waals surface area contributed by atoms with Crippen molar-refractivity contribution >= 4 is 11.6 Å². The number of halogens is 2. The first-order valence-corrected chi connectivity index (χ1v) is 8.32. The summed E-state index contributed by atoms with van der Waals surface area (Å²) in [4.78, 5) is 14.2. The third-order valence-electron chi connectivity index (χ3n) is 4.46. The molecule has 3 aromatic rings. The third-order valence-corrected chi connectivity index (χ3v) is 4.46. The molecule has 7 heteroatoms. The molecular formula is C19H16F2N4O. The van der Waals surface area contributed by atoms with Crippen LogP contribution in [0.25, 0.3) is 5.69 Å². The number of hydrogen-bond donors (Lipinski definition) is 0. The highest BCUT2D eigenvalue weighted by atomic mass is 19.1. The van der Waals surface area contributed by atoms with Gasteiger partial charge in [0.15, 0.2) is 5.69 Å². The predicted octanol–water partition coefficient (Wildman–Crippen LogP) is 3.45. The largest absolute Gasteiger partial charge is 0.304 e. The van der Waals surface area contributed by atoms with Crippen LogP contribution < -0.4 is 4.90 Å². The molecule has 0 bridgehead atoms. The smallest absolute Gasteiger partial charge is 0.280 e. The van der Waals surface area contributed by atoms with Crippen LogP contribution in [-0.4, -0.2) is 27.4 Å². The average molecular weight is 354 g/mol. The molecule has 0 unspecified atom stereocenters. The van der Waals surface area contributed by atoms with Gasteiger partial charge in [0.2, 0.25) is 0 Å². The Morgan fingerprint density at radius 3 is 2.69 bits per heavy atom. The van der Waals surface area contributed by atoms with Gasteiger partial charge in [-0.05, 0) is 43.5 Å². The molecule has 0 atom stereocenters. The van der Waals surface area contributed by atoms with Crippen molar-refractivity contribution in [2.45, 2.75) is 19.8 Å². The Morgan fingerprint density at radius 1 is 1.15 bits per heavy atom. The van der Waals surface area contributed by atoms with Gasteiger partial charge in [-0.25, -0.2) is 13.5 Å². The van der Waals surface area contributed by atoms with Gasteiger partial charge in [0.05, 0.1) is 17.6 Å². The summed E-state index contributed by atoms with van der Waals surface area (Å²) in [5, 5.41) is 7.93. The molecule has 132 valence electrons. The molecule has 1 amide bonds. The molecule has 0 saturated carbocycles. The van der Waals surface area contributed by atoms with E-state index in [-0.39, 0.29) is 11.4 Å². The molecule has 5 nitrogen and oxygen atoms in total. The highest BCUT2D eigenvalue weighted by Gasteiger charge is 2.29. The van der Waals surface area contributed by atoms with Crippen molar-refractivity contribution in [2.24, 2.45) is 0 Å². The van der Waals surface area contributed by atoms with E-state index in [9.17, 15) is 13.6 Å². The van der Waals surface area contributed by atoms with Gasteiger partial charge in [-0.15, -0.1) is 5.10 Å². The summed E-state index contributed by atoms with van der Waals surface area (Å²) < 4.78 is 29.2. The monoisotopic (exact) mass is 354 g/mol. The number of nitrogens with zero attached hydrogens (tertiary/aromatic N) is 4. The molecule has 1 aliphatic rings. The van der Waals surface area contributed by atoms with Crippen LogP contribution in [0.15, 0.2) is 42.6 Å². The fraction of sp³-hybridized carbons (Fsp3) is 0.211. The first kappa shape index (κ1) is 16.4. The molecule has 2 heterocycles. The number of carbonyl (C=O) groups excluding carboxylic acids is 1. The topological polar surface area (TPSA) is 51.0 Å². The third kappa shape index (κ3) is 2.85. The average Bonchev–Trinajstić information content (AvgIpc) is 3.11. The molecule has 0 fully saturated rings. The van der Waals surface area contributed by atoms with Gasteiger partial charge in [0, 0.05) is 12.6 Å². The van der Waals surface area contributed by atoms with Crippen molar-refractivity contribution in [1.29, 1.82) is 0 Å². The number of rotatable bonds is 2. The summed E-state index contributed by atoms with van der Waals surface area (Å²) in [6, 6.07) is 9.69. The van der Waals surface area contributed by atoms with E-state index in [1.807, 2.05) is 31.2 Å². The zero-order chi connectivity index (χ0) is 18.3. The second kappa shape index (κ2) is 6.33. The number of amides is 1. The van der Waals surface area contributed by atoms with Crippen LogP contribution in [0.2, 0.25) is 0 Å². The maximum Gasteiger partial charge on any atom is 0.280 e. The molecule has 0 saturated heterocycles. The number of benzene rings is 2. The Labute approximate surface area is 148 Å². The number of anilines is 1. The summed E-state index contributed by atoms with van der Waals surface area (Å²) in [5.41, 5.74) is 2.62. The number of fused-ring (bicyclic) bond motifs is 1. The number of carbonyl (C=O) groups is 1. The summed E-state index contributed by atoms with van der Waals surface area (Å²) in [6.45, 7) is 2.33. The van der Waals surface area contributed by atoms with Gasteiger partial charge in [0.25, 0.3) is 5.91 Å². The fourth-order valence-corrected chi connectivity index (χ4v) is 3.18. The highest BCUT2D eigenvalue weighted by Crippen LogP contribution is 2.31. The van der Waals surface area contributed by atoms with Gasteiger partial charge in [-0.3, -0.25) is 4.79 Å². The second-order valence-corrected chi connectivity index (χ2v) is 6.34. The molecule has 1 aliphatic heterocycles. The van der Waals surface area contributed by atoms with E-state index in [0.717, 1.165) is 17.3 Å². The maximum absolute atomic E-state index is 14.3. The first-order chi connectivity index (χ1) is 12.5. The minimum absolute atomic E-state index is 0.113. The molecule has 0 spiro atoms. The molecule has 0 radical (unpaired) electrons. The first-order valence-electron chi connectivity index (χ1n) is 8.32. The SMILES string of the molecule is Cc1ccc(-n2cc(C(=O)N3CCCc4cc(F)cc(F)c43)nn2)cc1. The Kier molecular flexibility index (Phi) is 3.99. The standard InChI is InChI=1S/C19H16F2N4O/c1-12-4-6-15(7-5-12)25-11-17(22-23-25)19(26)24-8-2-3-13-9-14(20)10-16(21)18(13)24/h4-7,9-11H,2-3,8H2,1H3. The van der Waals surface area contributed by atoms with Crippen molar-refractivity contribution in [3.05, 3.63) is 71.1 Å². The Balaban J connectivity index is 1.67. The Hall–Kier alpha value is -3.09. The minimum atomic E-state index is -0.737. The normalized spacial score (nSPS) is 13.6. The molecule has 0 N–H and O–H groups in total. The van der Waals surface area contributed by atoms with E-state index >= 15 is 0 Å². The molecule has 1 aromatic heterocycles. The van der Waals surface area contributed by atoms with E-state index in [1.54, 1.807) is 0 Å². The van der Waals surface area contributed by atoms with Crippen molar-refractivity contribution in [2.75, 3.05) is 11.4 Å². The molecule has 2 aromatic carbocycles. The summed E-state index contributed by atoms with van der Waals surface area (Å²) in [5.74, 6) is -1.82. The summed E-state index contributed by atoms with van der Waals surface area (Å²) in [6.07, 6.45) is 2.68. The molecule has 4 rings (SSSR count). The zero-order valence-electron chi connectivity index (χ0n) is 14.1. The number of aryl methyl sites for hydroxylation is 2. The van der Waals surface area contributed by atoms with Crippen LogP contribution in [0.3, 0.4) is 0 Å². The lowest BCUT2D eigenvalue weighted by molar-refractivity contribution is 0.0979. The van der Waals surface area contributed by atoms with E-state index in [4.69, 9.17) is 0 Å². The van der Waals surface area contributed by atoms with Crippen molar-refractivity contribution in [3.8, 4) is 5.69 Å². The van der Waals surface area contributed by atoms with Crippen LogP contribution in [-0.2, 0) is 6.42 Å². The number of hydrogen-bond acceptors (Lipinski definition) is 3. The van der Waals surface area contributed by atoms with E-state index in [1.165, 1.54) is 21.8 Å². The van der Waals surface area contributed by atoms with Crippen molar-refractivity contribution in [1.82, 2.24) is 15.0 Å². The summed E-state index contributed by atoms with van der Waals surface area (Å²) in [7, 11) is 0. The quantitative estimate of drug-likeness (QED) is 0.708. The van der Waals surface area contributed by atoms with Gasteiger partial charge in [-0.2, -0.15) is 0 Å². The van der Waals surface area contributed by atoms with E-state index in [0.29, 0.717) is 24.9 Å². The lowest BCUT2D eigenvalue weighted by Crippen LogP contribution is -2.36. The van der Waals surface area contributed by atoms with Crippen molar-refractivity contribution < 1.29 is 13.6 Å². The second-order valence-electron chi connectivity index (χ2n) is 6.34. The van der Waals surface area contributed by atoms with Crippen molar-refractivity contribution in [3.63, 3.8) is 0 Å². The molecule has 26 heavy (non-hydrogen) atoms. The maximum atomic E-state index is 14.3. The van der Waals surface area contributed by atoms with Gasteiger partial charge >= 0.3 is 0 Å². The predicted molar refractivity (Wildman–Crippen MR) is 92.5 cm³/mol. The summed E-state index contributed by atoms with van der Waals surface area (Å²) >= 11 is 0. The molecular weight excluding hydrogens is 338 g/mol. The van der Waals surface area contributed by atoms with E-state index < -0.39 is 17.5 Å². The lowest BCUT2D eigenvalue weighted by Gasteiger charge is -2.29. The number of aromatic nitrogens is 3. The van der Waals surface area contributed by atoms with Gasteiger partial charge in [0.1, 0.15) is 11.6 Å². The minimum Gasteiger partial charge on any atom is -0.304 e. The zero-order valence-corrected chi connectivity index (χ0v) is 14.1. The van der Waals surface area contributed by atoms with Crippen LogP contribution in [0.5, 0.6) is 0 Å². The van der Waals surface area contributed by atoms with Gasteiger partial charge in [-0.1, -0.05) is 22.9 Å². The van der Waals surface area contributed by atoms with Crippen LogP contribution in [0, 0.1) is 18.6 Å². The van der Waals surface area contributed by atoms with Crippen LogP contribution in [0.4, 0.5) is 14.5 Å². The Morgan fingerprint density at radius 2 is 1.92 bits per heavy atom. The van der Waals surface area contributed by atoms with Gasteiger partial charge < -0.3 is 4.90 Å². The highest BCUT2D eigenvalue weighted by molar-refractivity contribution is 6.05. The molecule has 0 aliphatic carbocycles. The van der Waals surface area contributed by atoms with E-state index in [2.05, 4.69) is 10.3 Å².